The maximum absolute atomic E-state index is 6.24. The van der Waals surface area contributed by atoms with Crippen molar-refractivity contribution in [1.82, 2.24) is 25.8 Å². The van der Waals surface area contributed by atoms with Gasteiger partial charge in [0.25, 0.3) is 0 Å². The van der Waals surface area contributed by atoms with E-state index < -0.39 is 0 Å². The fraction of sp³-hybridized carbons (Fsp3) is 0.438. The highest BCUT2D eigenvalue weighted by Crippen LogP contribution is 2.25. The topological polar surface area (TPSA) is 81.2 Å². The Morgan fingerprint density at radius 2 is 2.42 bits per heavy atom. The van der Waals surface area contributed by atoms with Crippen LogP contribution < -0.4 is 15.5 Å². The molecule has 1 saturated heterocycles. The molecule has 3 heterocycles. The number of nitrogens with one attached hydrogen (secondary N) is 3. The zero-order valence-corrected chi connectivity index (χ0v) is 14.6. The first-order valence-corrected chi connectivity index (χ1v) is 8.36. The van der Waals surface area contributed by atoms with Crippen molar-refractivity contribution in [3.05, 3.63) is 40.8 Å². The van der Waals surface area contributed by atoms with Gasteiger partial charge in [0.05, 0.1) is 11.2 Å². The number of aromatic amines is 1. The number of aryl methyl sites for hydroxylation is 1. The molecule has 1 atom stereocenters. The normalized spacial score (nSPS) is 18.0. The molecule has 1 unspecified atom stereocenters. The maximum atomic E-state index is 6.24. The molecule has 0 aromatic carbocycles. The van der Waals surface area contributed by atoms with Crippen molar-refractivity contribution in [3.63, 3.8) is 0 Å². The number of H-pyrrole nitrogens is 1. The number of rotatable bonds is 4. The van der Waals surface area contributed by atoms with E-state index in [0.29, 0.717) is 17.6 Å². The lowest BCUT2D eigenvalue weighted by atomic mass is 10.2. The van der Waals surface area contributed by atoms with E-state index in [-0.39, 0.29) is 0 Å². The Hall–Kier alpha value is -2.28. The lowest BCUT2D eigenvalue weighted by Crippen LogP contribution is -2.44. The number of aliphatic imine (C=N–C) groups is 1. The van der Waals surface area contributed by atoms with Crippen molar-refractivity contribution >= 4 is 23.4 Å². The van der Waals surface area contributed by atoms with Gasteiger partial charge < -0.3 is 15.5 Å². The van der Waals surface area contributed by atoms with Gasteiger partial charge >= 0.3 is 0 Å². The van der Waals surface area contributed by atoms with E-state index in [1.165, 1.54) is 0 Å². The monoisotopic (exact) mass is 347 g/mol. The minimum Gasteiger partial charge on any atom is -0.353 e. The second kappa shape index (κ2) is 7.53. The van der Waals surface area contributed by atoms with Crippen LogP contribution in [0.15, 0.2) is 29.5 Å². The SMILES string of the molecule is CN=C(NCc1cn[nH]c1C)NC1CCN(c2ncccc2Cl)C1. The Kier molecular flexibility index (Phi) is 5.20. The molecule has 0 aliphatic carbocycles. The first-order valence-electron chi connectivity index (χ1n) is 7.99. The van der Waals surface area contributed by atoms with Crippen LogP contribution in [0.25, 0.3) is 0 Å². The van der Waals surface area contributed by atoms with E-state index in [1.807, 2.05) is 25.3 Å². The molecule has 0 amide bonds. The van der Waals surface area contributed by atoms with E-state index in [1.54, 1.807) is 13.2 Å². The molecule has 8 heteroatoms. The van der Waals surface area contributed by atoms with E-state index in [0.717, 1.165) is 42.5 Å². The lowest BCUT2D eigenvalue weighted by Gasteiger charge is -2.20. The molecule has 3 rings (SSSR count). The summed E-state index contributed by atoms with van der Waals surface area (Å²) >= 11 is 6.24. The number of halogens is 1. The van der Waals surface area contributed by atoms with Crippen LogP contribution in [0.3, 0.4) is 0 Å². The first kappa shape index (κ1) is 16.6. The second-order valence-electron chi connectivity index (χ2n) is 5.83. The molecule has 0 saturated carbocycles. The van der Waals surface area contributed by atoms with Crippen molar-refractivity contribution in [2.24, 2.45) is 4.99 Å². The summed E-state index contributed by atoms with van der Waals surface area (Å²) in [6.07, 6.45) is 4.62. The smallest absolute Gasteiger partial charge is 0.191 e. The van der Waals surface area contributed by atoms with Crippen LogP contribution in [0, 0.1) is 6.92 Å². The van der Waals surface area contributed by atoms with Gasteiger partial charge in [-0.05, 0) is 25.5 Å². The maximum Gasteiger partial charge on any atom is 0.191 e. The molecule has 7 nitrogen and oxygen atoms in total. The molecule has 24 heavy (non-hydrogen) atoms. The highest BCUT2D eigenvalue weighted by atomic mass is 35.5. The quantitative estimate of drug-likeness (QED) is 0.579. The van der Waals surface area contributed by atoms with E-state index >= 15 is 0 Å². The summed E-state index contributed by atoms with van der Waals surface area (Å²) in [6.45, 7) is 4.46. The Morgan fingerprint density at radius 1 is 1.54 bits per heavy atom. The molecule has 0 bridgehead atoms. The van der Waals surface area contributed by atoms with Gasteiger partial charge in [-0.3, -0.25) is 10.1 Å². The predicted octanol–water partition coefficient (Wildman–Crippen LogP) is 1.71. The van der Waals surface area contributed by atoms with Crippen molar-refractivity contribution in [2.45, 2.75) is 25.9 Å². The third kappa shape index (κ3) is 3.79. The van der Waals surface area contributed by atoms with Crippen LogP contribution in [-0.4, -0.2) is 47.3 Å². The Labute approximate surface area is 146 Å². The van der Waals surface area contributed by atoms with Crippen molar-refractivity contribution in [2.75, 3.05) is 25.0 Å². The van der Waals surface area contributed by atoms with Gasteiger partial charge in [0.1, 0.15) is 5.82 Å². The number of hydrogen-bond acceptors (Lipinski definition) is 4. The summed E-state index contributed by atoms with van der Waals surface area (Å²) in [4.78, 5) is 10.9. The Bertz CT molecular complexity index is 712. The van der Waals surface area contributed by atoms with Crippen molar-refractivity contribution < 1.29 is 0 Å². The van der Waals surface area contributed by atoms with E-state index in [4.69, 9.17) is 11.6 Å². The molecule has 1 fully saturated rings. The summed E-state index contributed by atoms with van der Waals surface area (Å²) in [7, 11) is 1.78. The standard InChI is InChI=1S/C16H22ClN7/c1-11-12(9-21-23-11)8-20-16(18-2)22-13-5-7-24(10-13)15-14(17)4-3-6-19-15/h3-4,6,9,13H,5,7-8,10H2,1-2H3,(H,21,23)(H2,18,20,22). The molecule has 1 aliphatic heterocycles. The summed E-state index contributed by atoms with van der Waals surface area (Å²) in [6, 6.07) is 4.03. The van der Waals surface area contributed by atoms with Crippen LogP contribution in [0.1, 0.15) is 17.7 Å². The third-order valence-corrected chi connectivity index (χ3v) is 4.47. The summed E-state index contributed by atoms with van der Waals surface area (Å²) in [5, 5.41) is 14.4. The van der Waals surface area contributed by atoms with Crippen molar-refractivity contribution in [1.29, 1.82) is 0 Å². The second-order valence-corrected chi connectivity index (χ2v) is 6.24. The van der Waals surface area contributed by atoms with E-state index in [2.05, 4.69) is 35.7 Å². The summed E-state index contributed by atoms with van der Waals surface area (Å²) in [5.41, 5.74) is 2.20. The van der Waals surface area contributed by atoms with Gasteiger partial charge in [0.15, 0.2) is 5.96 Å². The van der Waals surface area contributed by atoms with Gasteiger partial charge in [-0.1, -0.05) is 11.6 Å². The molecule has 0 radical (unpaired) electrons. The largest absolute Gasteiger partial charge is 0.353 e. The Morgan fingerprint density at radius 3 is 3.12 bits per heavy atom. The first-order chi connectivity index (χ1) is 11.7. The highest BCUT2D eigenvalue weighted by Gasteiger charge is 2.25. The van der Waals surface area contributed by atoms with Crippen molar-refractivity contribution in [3.8, 4) is 0 Å². The number of anilines is 1. The molecule has 0 spiro atoms. The molecule has 1 aliphatic rings. The van der Waals surface area contributed by atoms with Gasteiger partial charge in [-0.25, -0.2) is 4.98 Å². The number of hydrogen-bond donors (Lipinski definition) is 3. The number of guanidine groups is 1. The molecule has 2 aromatic heterocycles. The minimum atomic E-state index is 0.305. The van der Waals surface area contributed by atoms with Crippen LogP contribution in [0.2, 0.25) is 5.02 Å². The lowest BCUT2D eigenvalue weighted by molar-refractivity contribution is 0.648. The molecular weight excluding hydrogens is 326 g/mol. The van der Waals surface area contributed by atoms with Crippen LogP contribution >= 0.6 is 11.6 Å². The fourth-order valence-corrected chi connectivity index (χ4v) is 3.04. The van der Waals surface area contributed by atoms with E-state index in [9.17, 15) is 0 Å². The average molecular weight is 348 g/mol. The molecule has 3 N–H and O–H groups in total. The summed E-state index contributed by atoms with van der Waals surface area (Å²) < 4.78 is 0. The number of pyridine rings is 1. The zero-order chi connectivity index (χ0) is 16.9. The van der Waals surface area contributed by atoms with Crippen LogP contribution in [0.5, 0.6) is 0 Å². The molecular formula is C16H22ClN7. The molecule has 128 valence electrons. The van der Waals surface area contributed by atoms with Gasteiger partial charge in [0, 0.05) is 50.2 Å². The highest BCUT2D eigenvalue weighted by molar-refractivity contribution is 6.32. The van der Waals surface area contributed by atoms with Gasteiger partial charge in [-0.2, -0.15) is 5.10 Å². The predicted molar refractivity (Wildman–Crippen MR) is 96.5 cm³/mol. The van der Waals surface area contributed by atoms with Crippen LogP contribution in [-0.2, 0) is 6.54 Å². The minimum absolute atomic E-state index is 0.305. The Balaban J connectivity index is 1.54. The average Bonchev–Trinajstić information content (AvgIpc) is 3.21. The van der Waals surface area contributed by atoms with Crippen LogP contribution in [0.4, 0.5) is 5.82 Å². The fourth-order valence-electron chi connectivity index (χ4n) is 2.80. The zero-order valence-electron chi connectivity index (χ0n) is 13.9. The summed E-state index contributed by atoms with van der Waals surface area (Å²) in [5.74, 6) is 1.63. The van der Waals surface area contributed by atoms with Gasteiger partial charge in [-0.15, -0.1) is 0 Å². The number of aromatic nitrogens is 3. The molecule has 2 aromatic rings. The third-order valence-electron chi connectivity index (χ3n) is 4.17. The van der Waals surface area contributed by atoms with Gasteiger partial charge in [0.2, 0.25) is 0 Å². The number of nitrogens with zero attached hydrogens (tertiary/aromatic N) is 4.